The highest BCUT2D eigenvalue weighted by atomic mass is 16.3. The highest BCUT2D eigenvalue weighted by molar-refractivity contribution is 5.51. The molecule has 0 bridgehead atoms. The molecule has 0 aliphatic heterocycles. The van der Waals surface area contributed by atoms with Crippen LogP contribution in [0.3, 0.4) is 0 Å². The molecule has 3 rings (SSSR count). The molecule has 0 heterocycles. The van der Waals surface area contributed by atoms with Gasteiger partial charge in [-0.25, -0.2) is 0 Å². The number of hydrogen-bond donors (Lipinski definition) is 1. The van der Waals surface area contributed by atoms with Crippen molar-refractivity contribution in [3.63, 3.8) is 0 Å². The summed E-state index contributed by atoms with van der Waals surface area (Å²) in [6.45, 7) is 6.82. The van der Waals surface area contributed by atoms with Gasteiger partial charge < -0.3 is 5.11 Å². The normalized spacial score (nSPS) is 24.3. The molecule has 1 heteroatoms. The van der Waals surface area contributed by atoms with Crippen LogP contribution < -0.4 is 0 Å². The zero-order valence-electron chi connectivity index (χ0n) is 11.7. The van der Waals surface area contributed by atoms with Crippen molar-refractivity contribution < 1.29 is 5.11 Å². The molecular formula is C17H24O. The second kappa shape index (κ2) is 4.29. The Morgan fingerprint density at radius 1 is 1.11 bits per heavy atom. The first-order valence-corrected chi connectivity index (χ1v) is 7.44. The number of fused-ring (bicyclic) bond motifs is 1. The van der Waals surface area contributed by atoms with Crippen molar-refractivity contribution >= 4 is 0 Å². The lowest BCUT2D eigenvalue weighted by molar-refractivity contribution is 0.428. The minimum absolute atomic E-state index is 0.531. The van der Waals surface area contributed by atoms with Gasteiger partial charge in [0.05, 0.1) is 0 Å². The van der Waals surface area contributed by atoms with E-state index in [4.69, 9.17) is 0 Å². The Labute approximate surface area is 110 Å². The molecule has 0 radical (unpaired) electrons. The third-order valence-corrected chi connectivity index (χ3v) is 5.06. The van der Waals surface area contributed by atoms with Gasteiger partial charge >= 0.3 is 0 Å². The third-order valence-electron chi connectivity index (χ3n) is 5.06. The van der Waals surface area contributed by atoms with E-state index in [1.165, 1.54) is 36.0 Å². The SMILES string of the molecule is CC(C)C1CCc2ccc(C(C)C3CC3)c(O)c21. The molecule has 1 aromatic rings. The average molecular weight is 244 g/mol. The van der Waals surface area contributed by atoms with E-state index in [9.17, 15) is 5.11 Å². The van der Waals surface area contributed by atoms with Gasteiger partial charge in [-0.2, -0.15) is 0 Å². The second-order valence-corrected chi connectivity index (χ2v) is 6.59. The molecule has 98 valence electrons. The van der Waals surface area contributed by atoms with Gasteiger partial charge in [0, 0.05) is 5.56 Å². The summed E-state index contributed by atoms with van der Waals surface area (Å²) in [5.74, 6) is 3.16. The van der Waals surface area contributed by atoms with Crippen LogP contribution in [0.4, 0.5) is 0 Å². The smallest absolute Gasteiger partial charge is 0.122 e. The van der Waals surface area contributed by atoms with Crippen LogP contribution >= 0.6 is 0 Å². The third kappa shape index (κ3) is 1.84. The van der Waals surface area contributed by atoms with Crippen LogP contribution in [0.1, 0.15) is 68.6 Å². The monoisotopic (exact) mass is 244 g/mol. The van der Waals surface area contributed by atoms with E-state index in [-0.39, 0.29) is 0 Å². The molecule has 0 aromatic heterocycles. The lowest BCUT2D eigenvalue weighted by Gasteiger charge is -2.21. The Hall–Kier alpha value is -0.980. The number of aryl methyl sites for hydroxylation is 1. The van der Waals surface area contributed by atoms with Crippen molar-refractivity contribution in [2.75, 3.05) is 0 Å². The molecule has 18 heavy (non-hydrogen) atoms. The molecule has 1 N–H and O–H groups in total. The number of aromatic hydroxyl groups is 1. The maximum absolute atomic E-state index is 10.7. The standard InChI is InChI=1S/C17H24O/c1-10(2)14-8-6-13-7-9-15(17(18)16(13)14)11(3)12-4-5-12/h7,9-12,14,18H,4-6,8H2,1-3H3. The van der Waals surface area contributed by atoms with E-state index in [2.05, 4.69) is 32.9 Å². The van der Waals surface area contributed by atoms with Crippen molar-refractivity contribution in [3.05, 3.63) is 28.8 Å². The van der Waals surface area contributed by atoms with E-state index >= 15 is 0 Å². The molecule has 1 nitrogen and oxygen atoms in total. The summed E-state index contributed by atoms with van der Waals surface area (Å²) in [6, 6.07) is 4.45. The molecule has 1 fully saturated rings. The second-order valence-electron chi connectivity index (χ2n) is 6.59. The molecule has 0 saturated heterocycles. The van der Waals surface area contributed by atoms with Crippen LogP contribution in [-0.2, 0) is 6.42 Å². The predicted molar refractivity (Wildman–Crippen MR) is 75.1 cm³/mol. The topological polar surface area (TPSA) is 20.2 Å². The minimum atomic E-state index is 0.531. The number of benzene rings is 1. The fourth-order valence-electron chi connectivity index (χ4n) is 3.64. The summed E-state index contributed by atoms with van der Waals surface area (Å²) in [4.78, 5) is 0. The van der Waals surface area contributed by atoms with Crippen molar-refractivity contribution in [2.24, 2.45) is 11.8 Å². The van der Waals surface area contributed by atoms with E-state index in [1.807, 2.05) is 0 Å². The predicted octanol–water partition coefficient (Wildman–Crippen LogP) is 4.59. The molecule has 2 aliphatic carbocycles. The first kappa shape index (κ1) is 12.1. The molecule has 0 amide bonds. The van der Waals surface area contributed by atoms with E-state index in [1.54, 1.807) is 0 Å². The van der Waals surface area contributed by atoms with Gasteiger partial charge in [-0.15, -0.1) is 0 Å². The molecule has 2 atom stereocenters. The number of hydrogen-bond acceptors (Lipinski definition) is 1. The van der Waals surface area contributed by atoms with E-state index < -0.39 is 0 Å². The summed E-state index contributed by atoms with van der Waals surface area (Å²) in [6.07, 6.45) is 5.03. The maximum Gasteiger partial charge on any atom is 0.122 e. The summed E-state index contributed by atoms with van der Waals surface area (Å²) >= 11 is 0. The van der Waals surface area contributed by atoms with Crippen LogP contribution in [0.15, 0.2) is 12.1 Å². The van der Waals surface area contributed by atoms with Crippen LogP contribution in [-0.4, -0.2) is 5.11 Å². The average Bonchev–Trinajstić information content (AvgIpc) is 3.08. The number of phenolic OH excluding ortho intramolecular Hbond substituents is 1. The van der Waals surface area contributed by atoms with Gasteiger partial charge in [0.25, 0.3) is 0 Å². The Kier molecular flexibility index (Phi) is 2.88. The quantitative estimate of drug-likeness (QED) is 0.824. The van der Waals surface area contributed by atoms with Crippen LogP contribution in [0.5, 0.6) is 5.75 Å². The number of rotatable bonds is 3. The fraction of sp³-hybridized carbons (Fsp3) is 0.647. The summed E-state index contributed by atoms with van der Waals surface area (Å²) < 4.78 is 0. The molecule has 1 saturated carbocycles. The fourth-order valence-corrected chi connectivity index (χ4v) is 3.64. The first-order valence-electron chi connectivity index (χ1n) is 7.44. The van der Waals surface area contributed by atoms with Gasteiger partial charge in [0.2, 0.25) is 0 Å². The lowest BCUT2D eigenvalue weighted by Crippen LogP contribution is -2.05. The largest absolute Gasteiger partial charge is 0.507 e. The van der Waals surface area contributed by atoms with Gasteiger partial charge in [-0.3, -0.25) is 0 Å². The Morgan fingerprint density at radius 2 is 1.83 bits per heavy atom. The van der Waals surface area contributed by atoms with Crippen molar-refractivity contribution in [3.8, 4) is 5.75 Å². The zero-order chi connectivity index (χ0) is 12.9. The van der Waals surface area contributed by atoms with Crippen molar-refractivity contribution in [1.29, 1.82) is 0 Å². The maximum atomic E-state index is 10.7. The molecule has 2 aliphatic rings. The van der Waals surface area contributed by atoms with Crippen LogP contribution in [0, 0.1) is 11.8 Å². The van der Waals surface area contributed by atoms with Crippen LogP contribution in [0.2, 0.25) is 0 Å². The summed E-state index contributed by atoms with van der Waals surface area (Å²) in [5, 5.41) is 10.7. The Bertz CT molecular complexity index is 457. The zero-order valence-corrected chi connectivity index (χ0v) is 11.7. The minimum Gasteiger partial charge on any atom is -0.507 e. The van der Waals surface area contributed by atoms with Gasteiger partial charge in [-0.1, -0.05) is 32.9 Å². The van der Waals surface area contributed by atoms with E-state index in [0.717, 1.165) is 12.3 Å². The van der Waals surface area contributed by atoms with Crippen LogP contribution in [0.25, 0.3) is 0 Å². The van der Waals surface area contributed by atoms with Crippen molar-refractivity contribution in [1.82, 2.24) is 0 Å². The van der Waals surface area contributed by atoms with E-state index in [0.29, 0.717) is 23.5 Å². The van der Waals surface area contributed by atoms with Gasteiger partial charge in [0.15, 0.2) is 0 Å². The highest BCUT2D eigenvalue weighted by Gasteiger charge is 2.34. The summed E-state index contributed by atoms with van der Waals surface area (Å²) in [5.41, 5.74) is 3.86. The lowest BCUT2D eigenvalue weighted by atomic mass is 9.85. The Morgan fingerprint density at radius 3 is 2.44 bits per heavy atom. The first-order chi connectivity index (χ1) is 8.59. The van der Waals surface area contributed by atoms with Gasteiger partial charge in [0.1, 0.15) is 5.75 Å². The molecule has 2 unspecified atom stereocenters. The summed E-state index contributed by atoms with van der Waals surface area (Å²) in [7, 11) is 0. The molecule has 1 aromatic carbocycles. The van der Waals surface area contributed by atoms with Crippen molar-refractivity contribution in [2.45, 2.75) is 58.3 Å². The Balaban J connectivity index is 2.01. The molecular weight excluding hydrogens is 220 g/mol. The molecule has 0 spiro atoms. The highest BCUT2D eigenvalue weighted by Crippen LogP contribution is 2.50. The number of phenols is 1. The van der Waals surface area contributed by atoms with Gasteiger partial charge in [-0.05, 0) is 60.5 Å².